The van der Waals surface area contributed by atoms with Crippen molar-refractivity contribution < 1.29 is 9.84 Å². The molecule has 1 aliphatic carbocycles. The molecule has 1 aliphatic rings. The fourth-order valence-electron chi connectivity index (χ4n) is 2.40. The van der Waals surface area contributed by atoms with E-state index in [1.165, 1.54) is 24.8 Å². The van der Waals surface area contributed by atoms with Crippen LogP contribution >= 0.6 is 15.9 Å². The number of halogens is 1. The summed E-state index contributed by atoms with van der Waals surface area (Å²) in [5.41, 5.74) is 1.50. The Morgan fingerprint density at radius 3 is 2.50 bits per heavy atom. The number of nitrogens with one attached hydrogen (secondary N) is 1. The minimum Gasteiger partial charge on any atom is -0.394 e. The smallest absolute Gasteiger partial charge is 0.0698 e. The van der Waals surface area contributed by atoms with Gasteiger partial charge < -0.3 is 15.2 Å². The highest BCUT2D eigenvalue weighted by Gasteiger charge is 2.37. The molecule has 0 radical (unpaired) electrons. The van der Waals surface area contributed by atoms with Crippen molar-refractivity contribution in [2.75, 3.05) is 26.4 Å². The Kier molecular flexibility index (Phi) is 5.18. The minimum atomic E-state index is 0.0951. The second-order valence-corrected chi connectivity index (χ2v) is 5.62. The first-order valence-electron chi connectivity index (χ1n) is 6.46. The Morgan fingerprint density at radius 2 is 1.94 bits per heavy atom. The summed E-state index contributed by atoms with van der Waals surface area (Å²) < 4.78 is 6.40. The van der Waals surface area contributed by atoms with Crippen LogP contribution in [0.1, 0.15) is 24.8 Å². The average Bonchev–Trinajstić information content (AvgIpc) is 2.33. The predicted molar refractivity (Wildman–Crippen MR) is 75.6 cm³/mol. The number of benzene rings is 1. The molecule has 100 valence electrons. The first kappa shape index (κ1) is 14.0. The van der Waals surface area contributed by atoms with E-state index in [-0.39, 0.29) is 12.1 Å². The summed E-state index contributed by atoms with van der Waals surface area (Å²) in [7, 11) is 0. The number of rotatable bonds is 7. The SMILES string of the molecule is OCCOCCNC1(c2ccc(Br)cc2)CCC1. The lowest BCUT2D eigenvalue weighted by molar-refractivity contribution is 0.0815. The van der Waals surface area contributed by atoms with Gasteiger partial charge in [0.1, 0.15) is 0 Å². The Morgan fingerprint density at radius 1 is 1.22 bits per heavy atom. The maximum Gasteiger partial charge on any atom is 0.0698 e. The first-order valence-corrected chi connectivity index (χ1v) is 7.26. The third kappa shape index (κ3) is 3.32. The number of ether oxygens (including phenoxy) is 1. The molecule has 0 spiro atoms. The van der Waals surface area contributed by atoms with Gasteiger partial charge in [-0.1, -0.05) is 28.1 Å². The monoisotopic (exact) mass is 313 g/mol. The summed E-state index contributed by atoms with van der Waals surface area (Å²) >= 11 is 3.47. The van der Waals surface area contributed by atoms with Crippen molar-refractivity contribution in [2.45, 2.75) is 24.8 Å². The number of hydrogen-bond donors (Lipinski definition) is 2. The third-order valence-corrected chi connectivity index (χ3v) is 4.08. The quantitative estimate of drug-likeness (QED) is 0.760. The van der Waals surface area contributed by atoms with Crippen LogP contribution < -0.4 is 5.32 Å². The number of aliphatic hydroxyl groups is 1. The Bertz CT molecular complexity index is 363. The van der Waals surface area contributed by atoms with Gasteiger partial charge in [0.2, 0.25) is 0 Å². The molecule has 0 amide bonds. The summed E-state index contributed by atoms with van der Waals surface area (Å²) in [6.07, 6.45) is 3.66. The molecule has 2 rings (SSSR count). The average molecular weight is 314 g/mol. The van der Waals surface area contributed by atoms with E-state index >= 15 is 0 Å². The van der Waals surface area contributed by atoms with Gasteiger partial charge in [-0.15, -0.1) is 0 Å². The highest BCUT2D eigenvalue weighted by molar-refractivity contribution is 9.10. The Balaban J connectivity index is 1.88. The van der Waals surface area contributed by atoms with Crippen molar-refractivity contribution in [1.29, 1.82) is 0 Å². The lowest BCUT2D eigenvalue weighted by Crippen LogP contribution is -2.49. The molecule has 0 aliphatic heterocycles. The molecule has 1 aromatic carbocycles. The van der Waals surface area contributed by atoms with Crippen molar-refractivity contribution in [3.63, 3.8) is 0 Å². The zero-order valence-corrected chi connectivity index (χ0v) is 12.1. The van der Waals surface area contributed by atoms with Crippen molar-refractivity contribution in [2.24, 2.45) is 0 Å². The van der Waals surface area contributed by atoms with Gasteiger partial charge in [-0.2, -0.15) is 0 Å². The molecule has 2 N–H and O–H groups in total. The fraction of sp³-hybridized carbons (Fsp3) is 0.571. The van der Waals surface area contributed by atoms with Gasteiger partial charge in [-0.3, -0.25) is 0 Å². The van der Waals surface area contributed by atoms with Crippen LogP contribution in [0.3, 0.4) is 0 Å². The van der Waals surface area contributed by atoms with E-state index in [0.29, 0.717) is 13.2 Å². The first-order chi connectivity index (χ1) is 8.77. The van der Waals surface area contributed by atoms with Crippen molar-refractivity contribution in [3.05, 3.63) is 34.3 Å². The third-order valence-electron chi connectivity index (χ3n) is 3.55. The maximum atomic E-state index is 8.64. The zero-order valence-electron chi connectivity index (χ0n) is 10.5. The Hall–Kier alpha value is -0.420. The second kappa shape index (κ2) is 6.66. The molecule has 0 bridgehead atoms. The molecule has 0 atom stereocenters. The summed E-state index contributed by atoms with van der Waals surface area (Å²) in [6.45, 7) is 2.00. The lowest BCUT2D eigenvalue weighted by atomic mass is 9.72. The summed E-state index contributed by atoms with van der Waals surface area (Å²) in [6, 6.07) is 8.56. The van der Waals surface area contributed by atoms with Gasteiger partial charge in [0.25, 0.3) is 0 Å². The van der Waals surface area contributed by atoms with Crippen LogP contribution in [-0.2, 0) is 10.3 Å². The van der Waals surface area contributed by atoms with Crippen LogP contribution in [0.25, 0.3) is 0 Å². The molecule has 1 saturated carbocycles. The van der Waals surface area contributed by atoms with Gasteiger partial charge in [0, 0.05) is 16.6 Å². The van der Waals surface area contributed by atoms with E-state index in [1.54, 1.807) is 0 Å². The van der Waals surface area contributed by atoms with Crippen LogP contribution in [0.4, 0.5) is 0 Å². The van der Waals surface area contributed by atoms with Crippen molar-refractivity contribution in [3.8, 4) is 0 Å². The second-order valence-electron chi connectivity index (χ2n) is 4.71. The van der Waals surface area contributed by atoms with Gasteiger partial charge in [0.05, 0.1) is 19.8 Å². The zero-order chi connectivity index (χ0) is 12.8. The van der Waals surface area contributed by atoms with E-state index in [9.17, 15) is 0 Å². The number of aliphatic hydroxyl groups excluding tert-OH is 1. The van der Waals surface area contributed by atoms with Crippen LogP contribution in [0.2, 0.25) is 0 Å². The molecule has 4 heteroatoms. The van der Waals surface area contributed by atoms with E-state index in [1.807, 2.05) is 0 Å². The molecule has 0 saturated heterocycles. The van der Waals surface area contributed by atoms with E-state index in [0.717, 1.165) is 11.0 Å². The van der Waals surface area contributed by atoms with Crippen LogP contribution in [0, 0.1) is 0 Å². The minimum absolute atomic E-state index is 0.0951. The van der Waals surface area contributed by atoms with E-state index in [2.05, 4.69) is 45.5 Å². The standard InChI is InChI=1S/C14H20BrNO2/c15-13-4-2-12(3-5-13)14(6-1-7-14)16-8-10-18-11-9-17/h2-5,16-17H,1,6-11H2. The van der Waals surface area contributed by atoms with Gasteiger partial charge in [-0.25, -0.2) is 0 Å². The molecule has 0 aromatic heterocycles. The highest BCUT2D eigenvalue weighted by atomic mass is 79.9. The van der Waals surface area contributed by atoms with Gasteiger partial charge in [0.15, 0.2) is 0 Å². The topological polar surface area (TPSA) is 41.5 Å². The molecule has 3 nitrogen and oxygen atoms in total. The Labute approximate surface area is 117 Å². The fourth-order valence-corrected chi connectivity index (χ4v) is 2.66. The number of hydrogen-bond acceptors (Lipinski definition) is 3. The molecular formula is C14H20BrNO2. The molecule has 18 heavy (non-hydrogen) atoms. The van der Waals surface area contributed by atoms with Crippen molar-refractivity contribution in [1.82, 2.24) is 5.32 Å². The maximum absolute atomic E-state index is 8.64. The van der Waals surface area contributed by atoms with Crippen LogP contribution in [-0.4, -0.2) is 31.5 Å². The van der Waals surface area contributed by atoms with Gasteiger partial charge >= 0.3 is 0 Å². The van der Waals surface area contributed by atoms with Crippen LogP contribution in [0.15, 0.2) is 28.7 Å². The normalized spacial score (nSPS) is 17.4. The van der Waals surface area contributed by atoms with E-state index in [4.69, 9.17) is 9.84 Å². The molecule has 1 aromatic rings. The largest absolute Gasteiger partial charge is 0.394 e. The summed E-state index contributed by atoms with van der Waals surface area (Å²) in [4.78, 5) is 0. The van der Waals surface area contributed by atoms with Crippen LogP contribution in [0.5, 0.6) is 0 Å². The molecule has 0 unspecified atom stereocenters. The molecule has 1 fully saturated rings. The van der Waals surface area contributed by atoms with Crippen molar-refractivity contribution >= 4 is 15.9 Å². The predicted octanol–water partition coefficient (Wildman–Crippen LogP) is 2.43. The highest BCUT2D eigenvalue weighted by Crippen LogP contribution is 2.41. The van der Waals surface area contributed by atoms with E-state index < -0.39 is 0 Å². The van der Waals surface area contributed by atoms with Gasteiger partial charge in [-0.05, 0) is 37.0 Å². The summed E-state index contributed by atoms with van der Waals surface area (Å²) in [5.74, 6) is 0. The molecule has 0 heterocycles. The lowest BCUT2D eigenvalue weighted by Gasteiger charge is -2.43. The summed E-state index contributed by atoms with van der Waals surface area (Å²) in [5, 5.41) is 12.2. The molecular weight excluding hydrogens is 294 g/mol.